The minimum absolute atomic E-state index is 0.113. The first-order valence-electron chi connectivity index (χ1n) is 6.08. The molecule has 1 rings (SSSR count). The summed E-state index contributed by atoms with van der Waals surface area (Å²) in [4.78, 5) is 0. The summed E-state index contributed by atoms with van der Waals surface area (Å²) in [6.07, 6.45) is 5.18. The first-order valence-corrected chi connectivity index (χ1v) is 7.63. The molecule has 4 nitrogen and oxygen atoms in total. The van der Waals surface area contributed by atoms with Crippen molar-refractivity contribution in [3.05, 3.63) is 0 Å². The van der Waals surface area contributed by atoms with Gasteiger partial charge in [0.05, 0.1) is 10.9 Å². The second-order valence-electron chi connectivity index (χ2n) is 4.98. The zero-order valence-corrected chi connectivity index (χ0v) is 11.0. The third kappa shape index (κ3) is 4.03. The summed E-state index contributed by atoms with van der Waals surface area (Å²) in [6, 6.07) is 0. The first kappa shape index (κ1) is 13.9. The van der Waals surface area contributed by atoms with Crippen molar-refractivity contribution in [2.75, 3.05) is 6.54 Å². The van der Waals surface area contributed by atoms with E-state index < -0.39 is 15.6 Å². The van der Waals surface area contributed by atoms with Gasteiger partial charge >= 0.3 is 0 Å². The molecule has 1 fully saturated rings. The van der Waals surface area contributed by atoms with Crippen molar-refractivity contribution in [2.45, 2.75) is 63.2 Å². The third-order valence-electron chi connectivity index (χ3n) is 3.41. The predicted molar refractivity (Wildman–Crippen MR) is 64.7 cm³/mol. The van der Waals surface area contributed by atoms with Crippen LogP contribution in [0.3, 0.4) is 0 Å². The van der Waals surface area contributed by atoms with Crippen LogP contribution in [-0.2, 0) is 10.0 Å². The molecule has 0 aromatic heterocycles. The largest absolute Gasteiger partial charge is 0.389 e. The maximum absolute atomic E-state index is 11.9. The van der Waals surface area contributed by atoms with E-state index in [0.29, 0.717) is 6.42 Å². The van der Waals surface area contributed by atoms with Crippen molar-refractivity contribution >= 4 is 10.0 Å². The molecule has 0 heterocycles. The quantitative estimate of drug-likeness (QED) is 0.774. The molecule has 2 N–H and O–H groups in total. The highest BCUT2D eigenvalue weighted by Gasteiger charge is 2.29. The fourth-order valence-corrected chi connectivity index (χ4v) is 3.58. The number of hydrogen-bond acceptors (Lipinski definition) is 3. The lowest BCUT2D eigenvalue weighted by molar-refractivity contribution is 0.0612. The van der Waals surface area contributed by atoms with E-state index >= 15 is 0 Å². The average Bonchev–Trinajstić information content (AvgIpc) is 2.28. The number of rotatable bonds is 5. The lowest BCUT2D eigenvalue weighted by Crippen LogP contribution is -2.44. The van der Waals surface area contributed by atoms with Crippen LogP contribution in [0.2, 0.25) is 0 Å². The molecule has 0 radical (unpaired) electrons. The second kappa shape index (κ2) is 5.47. The van der Waals surface area contributed by atoms with Crippen molar-refractivity contribution in [2.24, 2.45) is 0 Å². The standard InChI is InChI=1S/C11H23NO3S/c1-3-11(2,13)9-12-16(14,15)10-7-5-4-6-8-10/h10,12-13H,3-9H2,1-2H3. The summed E-state index contributed by atoms with van der Waals surface area (Å²) in [5.74, 6) is 0. The monoisotopic (exact) mass is 249 g/mol. The minimum atomic E-state index is -3.24. The van der Waals surface area contributed by atoms with E-state index in [1.165, 1.54) is 0 Å². The van der Waals surface area contributed by atoms with Gasteiger partial charge in [-0.05, 0) is 26.2 Å². The summed E-state index contributed by atoms with van der Waals surface area (Å²) in [5, 5.41) is 9.50. The van der Waals surface area contributed by atoms with Gasteiger partial charge in [0, 0.05) is 6.54 Å². The molecular formula is C11H23NO3S. The van der Waals surface area contributed by atoms with Gasteiger partial charge in [-0.25, -0.2) is 13.1 Å². The minimum Gasteiger partial charge on any atom is -0.389 e. The summed E-state index contributed by atoms with van der Waals surface area (Å²) in [6.45, 7) is 3.60. The van der Waals surface area contributed by atoms with Crippen LogP contribution >= 0.6 is 0 Å². The molecule has 1 aliphatic rings. The average molecular weight is 249 g/mol. The molecule has 0 spiro atoms. The Labute approximate surface area is 98.5 Å². The van der Waals surface area contributed by atoms with Crippen LogP contribution < -0.4 is 4.72 Å². The van der Waals surface area contributed by atoms with Crippen molar-refractivity contribution < 1.29 is 13.5 Å². The fraction of sp³-hybridized carbons (Fsp3) is 1.00. The highest BCUT2D eigenvalue weighted by molar-refractivity contribution is 7.90. The molecule has 96 valence electrons. The second-order valence-corrected chi connectivity index (χ2v) is 7.02. The normalized spacial score (nSPS) is 22.9. The first-order chi connectivity index (χ1) is 7.37. The van der Waals surface area contributed by atoms with E-state index in [9.17, 15) is 13.5 Å². The molecule has 1 unspecified atom stereocenters. The SMILES string of the molecule is CCC(C)(O)CNS(=O)(=O)C1CCCCC1. The maximum Gasteiger partial charge on any atom is 0.214 e. The Hall–Kier alpha value is -0.130. The highest BCUT2D eigenvalue weighted by atomic mass is 32.2. The number of nitrogens with one attached hydrogen (secondary N) is 1. The summed E-state index contributed by atoms with van der Waals surface area (Å²) >= 11 is 0. The van der Waals surface area contributed by atoms with Crippen molar-refractivity contribution in [1.82, 2.24) is 4.72 Å². The zero-order chi connectivity index (χ0) is 12.2. The smallest absolute Gasteiger partial charge is 0.214 e. The highest BCUT2D eigenvalue weighted by Crippen LogP contribution is 2.23. The van der Waals surface area contributed by atoms with Gasteiger partial charge in [0.1, 0.15) is 0 Å². The molecule has 0 aromatic carbocycles. The van der Waals surface area contributed by atoms with Gasteiger partial charge in [-0.3, -0.25) is 0 Å². The maximum atomic E-state index is 11.9. The number of hydrogen-bond donors (Lipinski definition) is 2. The van der Waals surface area contributed by atoms with E-state index in [1.807, 2.05) is 6.92 Å². The van der Waals surface area contributed by atoms with E-state index in [2.05, 4.69) is 4.72 Å². The van der Waals surface area contributed by atoms with E-state index in [0.717, 1.165) is 32.1 Å². The number of aliphatic hydroxyl groups is 1. The summed E-state index contributed by atoms with van der Waals surface area (Å²) < 4.78 is 26.4. The van der Waals surface area contributed by atoms with Gasteiger partial charge in [0.15, 0.2) is 0 Å². The van der Waals surface area contributed by atoms with E-state index in [4.69, 9.17) is 0 Å². The Morgan fingerprint density at radius 2 is 1.88 bits per heavy atom. The zero-order valence-electron chi connectivity index (χ0n) is 10.2. The van der Waals surface area contributed by atoms with Crippen LogP contribution in [0.4, 0.5) is 0 Å². The van der Waals surface area contributed by atoms with Gasteiger partial charge in [0.25, 0.3) is 0 Å². The molecule has 0 aliphatic heterocycles. The van der Waals surface area contributed by atoms with Gasteiger partial charge in [-0.2, -0.15) is 0 Å². The van der Waals surface area contributed by atoms with Crippen LogP contribution in [-0.4, -0.2) is 30.9 Å². The molecular weight excluding hydrogens is 226 g/mol. The summed E-state index contributed by atoms with van der Waals surface area (Å²) in [7, 11) is -3.24. The van der Waals surface area contributed by atoms with Gasteiger partial charge < -0.3 is 5.11 Å². The van der Waals surface area contributed by atoms with Crippen LogP contribution in [0.25, 0.3) is 0 Å². The number of sulfonamides is 1. The molecule has 5 heteroatoms. The van der Waals surface area contributed by atoms with Crippen LogP contribution in [0, 0.1) is 0 Å². The third-order valence-corrected chi connectivity index (χ3v) is 5.30. The van der Waals surface area contributed by atoms with Gasteiger partial charge in [-0.15, -0.1) is 0 Å². The van der Waals surface area contributed by atoms with Gasteiger partial charge in [-0.1, -0.05) is 26.2 Å². The fourth-order valence-electron chi connectivity index (χ4n) is 1.87. The molecule has 1 atom stereocenters. The summed E-state index contributed by atoms with van der Waals surface area (Å²) in [5.41, 5.74) is -0.943. The molecule has 16 heavy (non-hydrogen) atoms. The van der Waals surface area contributed by atoms with Crippen LogP contribution in [0.1, 0.15) is 52.4 Å². The predicted octanol–water partition coefficient (Wildman–Crippen LogP) is 1.40. The van der Waals surface area contributed by atoms with Crippen molar-refractivity contribution in [1.29, 1.82) is 0 Å². The Balaban J connectivity index is 2.51. The Morgan fingerprint density at radius 1 is 1.31 bits per heavy atom. The van der Waals surface area contributed by atoms with Crippen LogP contribution in [0.15, 0.2) is 0 Å². The lowest BCUT2D eigenvalue weighted by Gasteiger charge is -2.26. The molecule has 1 saturated carbocycles. The molecule has 1 aliphatic carbocycles. The Bertz CT molecular complexity index is 305. The van der Waals surface area contributed by atoms with E-state index in [-0.39, 0.29) is 11.8 Å². The van der Waals surface area contributed by atoms with Gasteiger partial charge in [0.2, 0.25) is 10.0 Å². The van der Waals surface area contributed by atoms with Crippen LogP contribution in [0.5, 0.6) is 0 Å². The van der Waals surface area contributed by atoms with Crippen molar-refractivity contribution in [3.63, 3.8) is 0 Å². The molecule has 0 amide bonds. The Kier molecular flexibility index (Phi) is 4.76. The molecule has 0 aromatic rings. The lowest BCUT2D eigenvalue weighted by atomic mass is 10.0. The topological polar surface area (TPSA) is 66.4 Å². The van der Waals surface area contributed by atoms with Crippen molar-refractivity contribution in [3.8, 4) is 0 Å². The van der Waals surface area contributed by atoms with E-state index in [1.54, 1.807) is 6.92 Å². The molecule has 0 saturated heterocycles. The Morgan fingerprint density at radius 3 is 2.38 bits per heavy atom. The molecule has 0 bridgehead atoms.